The number of hydrogen-bond donors (Lipinski definition) is 0. The van der Waals surface area contributed by atoms with Crippen LogP contribution in [0.2, 0.25) is 5.15 Å². The number of rotatable bonds is 2. The minimum atomic E-state index is 0.388. The fraction of sp³-hybridized carbons (Fsp3) is 0.500. The zero-order chi connectivity index (χ0) is 11.5. The predicted molar refractivity (Wildman–Crippen MR) is 64.6 cm³/mol. The molecule has 0 spiro atoms. The lowest BCUT2D eigenvalue weighted by molar-refractivity contribution is 0.646. The van der Waals surface area contributed by atoms with Gasteiger partial charge in [-0.25, -0.2) is 4.98 Å². The Labute approximate surface area is 101 Å². The largest absolute Gasteiger partial charge is 0.357 e. The molecule has 1 aromatic heterocycles. The van der Waals surface area contributed by atoms with Gasteiger partial charge in [-0.05, 0) is 25.0 Å². The molecule has 2 rings (SSSR count). The highest BCUT2D eigenvalue weighted by Gasteiger charge is 2.21. The first kappa shape index (κ1) is 11.2. The average Bonchev–Trinajstić information content (AvgIpc) is 2.80. The molecule has 1 heterocycles. The molecule has 3 nitrogen and oxygen atoms in total. The Bertz CT molecular complexity index is 419. The van der Waals surface area contributed by atoms with E-state index in [1.54, 1.807) is 12.1 Å². The van der Waals surface area contributed by atoms with Gasteiger partial charge in [0.1, 0.15) is 11.0 Å². The molecule has 1 fully saturated rings. The number of aromatic nitrogens is 1. The molecule has 0 aromatic carbocycles. The summed E-state index contributed by atoms with van der Waals surface area (Å²) in [6, 6.07) is 6.03. The van der Waals surface area contributed by atoms with Crippen molar-refractivity contribution in [2.24, 2.45) is 0 Å². The van der Waals surface area contributed by atoms with Gasteiger partial charge in [0, 0.05) is 13.1 Å². The van der Waals surface area contributed by atoms with Gasteiger partial charge < -0.3 is 4.90 Å². The van der Waals surface area contributed by atoms with Gasteiger partial charge in [-0.1, -0.05) is 24.4 Å². The molecule has 0 atom stereocenters. The second-order valence-corrected chi connectivity index (χ2v) is 4.58. The second-order valence-electron chi connectivity index (χ2n) is 4.20. The standard InChI is InChI=1S/C12H14ClN3/c1-16(10-4-2-3-5-10)12-7-9(8-14)6-11(13)15-12/h6-7,10H,2-5H2,1H3. The van der Waals surface area contributed by atoms with Gasteiger partial charge in [0.05, 0.1) is 11.6 Å². The van der Waals surface area contributed by atoms with Crippen molar-refractivity contribution in [3.8, 4) is 6.07 Å². The summed E-state index contributed by atoms with van der Waals surface area (Å²) in [4.78, 5) is 6.41. The van der Waals surface area contributed by atoms with Crippen LogP contribution in [0.4, 0.5) is 5.82 Å². The van der Waals surface area contributed by atoms with Gasteiger partial charge in [0.2, 0.25) is 0 Å². The Hall–Kier alpha value is -1.27. The summed E-state index contributed by atoms with van der Waals surface area (Å²) in [6.07, 6.45) is 4.96. The maximum absolute atomic E-state index is 8.88. The molecule has 0 N–H and O–H groups in total. The predicted octanol–water partition coefficient (Wildman–Crippen LogP) is 2.99. The fourth-order valence-electron chi connectivity index (χ4n) is 2.21. The Kier molecular flexibility index (Phi) is 3.31. The number of pyridine rings is 1. The van der Waals surface area contributed by atoms with Crippen molar-refractivity contribution < 1.29 is 0 Å². The van der Waals surface area contributed by atoms with Gasteiger partial charge in [0.15, 0.2) is 0 Å². The summed E-state index contributed by atoms with van der Waals surface area (Å²) < 4.78 is 0. The number of nitriles is 1. The molecular weight excluding hydrogens is 222 g/mol. The molecule has 84 valence electrons. The molecular formula is C12H14ClN3. The molecule has 0 radical (unpaired) electrons. The van der Waals surface area contributed by atoms with Crippen LogP contribution in [0.25, 0.3) is 0 Å². The van der Waals surface area contributed by atoms with Crippen molar-refractivity contribution >= 4 is 17.4 Å². The summed E-state index contributed by atoms with van der Waals surface area (Å²) in [5.41, 5.74) is 0.569. The minimum Gasteiger partial charge on any atom is -0.357 e. The lowest BCUT2D eigenvalue weighted by atomic mass is 10.2. The van der Waals surface area contributed by atoms with Gasteiger partial charge >= 0.3 is 0 Å². The zero-order valence-corrected chi connectivity index (χ0v) is 10.0. The van der Waals surface area contributed by atoms with Gasteiger partial charge in [-0.2, -0.15) is 5.26 Å². The third kappa shape index (κ3) is 2.28. The van der Waals surface area contributed by atoms with Crippen molar-refractivity contribution in [1.29, 1.82) is 5.26 Å². The highest BCUT2D eigenvalue weighted by Crippen LogP contribution is 2.27. The van der Waals surface area contributed by atoms with Crippen LogP contribution in [0.15, 0.2) is 12.1 Å². The lowest BCUT2D eigenvalue weighted by Gasteiger charge is -2.25. The number of hydrogen-bond acceptors (Lipinski definition) is 3. The van der Waals surface area contributed by atoms with Crippen molar-refractivity contribution in [3.63, 3.8) is 0 Å². The van der Waals surface area contributed by atoms with Gasteiger partial charge in [0.25, 0.3) is 0 Å². The van der Waals surface area contributed by atoms with E-state index in [9.17, 15) is 0 Å². The first-order chi connectivity index (χ1) is 7.70. The van der Waals surface area contributed by atoms with Crippen LogP contribution in [-0.4, -0.2) is 18.1 Å². The van der Waals surface area contributed by atoms with E-state index in [-0.39, 0.29) is 0 Å². The van der Waals surface area contributed by atoms with Crippen LogP contribution in [0, 0.1) is 11.3 Å². The minimum absolute atomic E-state index is 0.388. The van der Waals surface area contributed by atoms with Crippen LogP contribution < -0.4 is 4.90 Å². The smallest absolute Gasteiger partial charge is 0.132 e. The van der Waals surface area contributed by atoms with E-state index >= 15 is 0 Å². The Morgan fingerprint density at radius 3 is 2.75 bits per heavy atom. The van der Waals surface area contributed by atoms with E-state index in [0.29, 0.717) is 16.8 Å². The molecule has 16 heavy (non-hydrogen) atoms. The first-order valence-corrected chi connectivity index (χ1v) is 5.89. The Morgan fingerprint density at radius 2 is 2.12 bits per heavy atom. The van der Waals surface area contributed by atoms with E-state index in [0.717, 1.165) is 5.82 Å². The van der Waals surface area contributed by atoms with E-state index in [1.807, 2.05) is 7.05 Å². The molecule has 0 aliphatic heterocycles. The fourth-order valence-corrected chi connectivity index (χ4v) is 2.41. The normalized spacial score (nSPS) is 16.1. The highest BCUT2D eigenvalue weighted by atomic mass is 35.5. The van der Waals surface area contributed by atoms with Gasteiger partial charge in [-0.3, -0.25) is 0 Å². The molecule has 1 saturated carbocycles. The monoisotopic (exact) mass is 235 g/mol. The average molecular weight is 236 g/mol. The molecule has 1 aliphatic rings. The molecule has 0 unspecified atom stereocenters. The molecule has 0 amide bonds. The number of halogens is 1. The quantitative estimate of drug-likeness (QED) is 0.740. The third-order valence-corrected chi connectivity index (χ3v) is 3.34. The third-order valence-electron chi connectivity index (χ3n) is 3.14. The van der Waals surface area contributed by atoms with Crippen LogP contribution in [0.3, 0.4) is 0 Å². The maximum atomic E-state index is 8.88. The van der Waals surface area contributed by atoms with Crippen LogP contribution in [-0.2, 0) is 0 Å². The van der Waals surface area contributed by atoms with Crippen molar-refractivity contribution in [2.45, 2.75) is 31.7 Å². The maximum Gasteiger partial charge on any atom is 0.132 e. The summed E-state index contributed by atoms with van der Waals surface area (Å²) >= 11 is 5.89. The molecule has 0 bridgehead atoms. The highest BCUT2D eigenvalue weighted by molar-refractivity contribution is 6.29. The van der Waals surface area contributed by atoms with Crippen molar-refractivity contribution in [1.82, 2.24) is 4.98 Å². The zero-order valence-electron chi connectivity index (χ0n) is 9.28. The number of nitrogens with zero attached hydrogens (tertiary/aromatic N) is 3. The molecule has 0 saturated heterocycles. The van der Waals surface area contributed by atoms with Crippen LogP contribution in [0.1, 0.15) is 31.2 Å². The van der Waals surface area contributed by atoms with E-state index in [4.69, 9.17) is 16.9 Å². The lowest BCUT2D eigenvalue weighted by Crippen LogP contribution is -2.29. The number of anilines is 1. The topological polar surface area (TPSA) is 39.9 Å². The van der Waals surface area contributed by atoms with E-state index in [1.165, 1.54) is 25.7 Å². The van der Waals surface area contributed by atoms with Crippen LogP contribution in [0.5, 0.6) is 0 Å². The Morgan fingerprint density at radius 1 is 1.44 bits per heavy atom. The Balaban J connectivity index is 2.25. The van der Waals surface area contributed by atoms with E-state index < -0.39 is 0 Å². The SMILES string of the molecule is CN(c1cc(C#N)cc(Cl)n1)C1CCCC1. The van der Waals surface area contributed by atoms with Crippen molar-refractivity contribution in [2.75, 3.05) is 11.9 Å². The van der Waals surface area contributed by atoms with Crippen LogP contribution >= 0.6 is 11.6 Å². The van der Waals surface area contributed by atoms with Crippen molar-refractivity contribution in [3.05, 3.63) is 22.8 Å². The second kappa shape index (κ2) is 4.71. The van der Waals surface area contributed by atoms with E-state index in [2.05, 4.69) is 16.0 Å². The summed E-state index contributed by atoms with van der Waals surface area (Å²) in [5, 5.41) is 9.27. The molecule has 1 aromatic rings. The summed E-state index contributed by atoms with van der Waals surface area (Å²) in [5.74, 6) is 0.802. The van der Waals surface area contributed by atoms with Gasteiger partial charge in [-0.15, -0.1) is 0 Å². The first-order valence-electron chi connectivity index (χ1n) is 5.51. The molecule has 1 aliphatic carbocycles. The summed E-state index contributed by atoms with van der Waals surface area (Å²) in [7, 11) is 2.02. The molecule has 4 heteroatoms. The summed E-state index contributed by atoms with van der Waals surface area (Å²) in [6.45, 7) is 0.